The van der Waals surface area contributed by atoms with Gasteiger partial charge in [0.15, 0.2) is 0 Å². The van der Waals surface area contributed by atoms with Crippen LogP contribution in [-0.4, -0.2) is 7.11 Å². The molecule has 1 N–H and O–H groups in total. The molecule has 102 valence electrons. The number of methoxy groups -OCH3 is 1. The zero-order valence-corrected chi connectivity index (χ0v) is 13.0. The molecule has 20 heavy (non-hydrogen) atoms. The number of benzene rings is 2. The fourth-order valence-corrected chi connectivity index (χ4v) is 2.36. The molecule has 0 radical (unpaired) electrons. The van der Waals surface area contributed by atoms with Crippen LogP contribution in [0.25, 0.3) is 0 Å². The van der Waals surface area contributed by atoms with Crippen molar-refractivity contribution in [1.29, 1.82) is 5.26 Å². The topological polar surface area (TPSA) is 45.0 Å². The number of anilines is 1. The van der Waals surface area contributed by atoms with Crippen molar-refractivity contribution in [2.75, 3.05) is 12.4 Å². The smallest absolute Gasteiger partial charge is 0.123 e. The molecular weight excluding hydrogens is 316 g/mol. The van der Waals surface area contributed by atoms with Crippen molar-refractivity contribution < 1.29 is 4.74 Å². The number of nitriles is 1. The second kappa shape index (κ2) is 6.44. The summed E-state index contributed by atoms with van der Waals surface area (Å²) in [5.41, 5.74) is 3.68. The van der Waals surface area contributed by atoms with Gasteiger partial charge in [0.1, 0.15) is 11.8 Å². The Morgan fingerprint density at radius 2 is 2.05 bits per heavy atom. The van der Waals surface area contributed by atoms with Crippen molar-refractivity contribution in [3.05, 3.63) is 57.6 Å². The number of nitrogens with zero attached hydrogens (tertiary/aromatic N) is 1. The monoisotopic (exact) mass is 330 g/mol. The molecule has 0 unspecified atom stereocenters. The van der Waals surface area contributed by atoms with Crippen molar-refractivity contribution in [1.82, 2.24) is 0 Å². The second-order valence-electron chi connectivity index (χ2n) is 4.47. The van der Waals surface area contributed by atoms with Crippen molar-refractivity contribution in [2.45, 2.75) is 13.5 Å². The molecule has 0 aromatic heterocycles. The molecule has 0 saturated heterocycles. The van der Waals surface area contributed by atoms with Gasteiger partial charge in [-0.1, -0.05) is 33.6 Å². The molecule has 3 nitrogen and oxygen atoms in total. The van der Waals surface area contributed by atoms with E-state index in [1.165, 1.54) is 5.56 Å². The predicted molar refractivity (Wildman–Crippen MR) is 83.9 cm³/mol. The lowest BCUT2D eigenvalue weighted by Gasteiger charge is -2.12. The summed E-state index contributed by atoms with van der Waals surface area (Å²) in [5, 5.41) is 12.4. The Kier molecular flexibility index (Phi) is 4.65. The second-order valence-corrected chi connectivity index (χ2v) is 5.39. The first-order chi connectivity index (χ1) is 9.63. The Hall–Kier alpha value is -1.99. The normalized spacial score (nSPS) is 9.90. The van der Waals surface area contributed by atoms with E-state index in [1.807, 2.05) is 31.2 Å². The Morgan fingerprint density at radius 3 is 2.75 bits per heavy atom. The van der Waals surface area contributed by atoms with Gasteiger partial charge in [0.25, 0.3) is 0 Å². The summed E-state index contributed by atoms with van der Waals surface area (Å²) in [4.78, 5) is 0. The van der Waals surface area contributed by atoms with Crippen LogP contribution in [0.1, 0.15) is 16.7 Å². The Morgan fingerprint density at radius 1 is 1.25 bits per heavy atom. The summed E-state index contributed by atoms with van der Waals surface area (Å²) in [7, 11) is 1.66. The average Bonchev–Trinajstić information content (AvgIpc) is 2.45. The van der Waals surface area contributed by atoms with Gasteiger partial charge in [0.05, 0.1) is 18.4 Å². The molecule has 0 aliphatic rings. The van der Waals surface area contributed by atoms with Crippen LogP contribution in [0.5, 0.6) is 5.75 Å². The number of rotatable bonds is 4. The third-order valence-corrected chi connectivity index (χ3v) is 3.50. The molecular formula is C16H15BrN2O. The van der Waals surface area contributed by atoms with Crippen molar-refractivity contribution in [2.24, 2.45) is 0 Å². The molecule has 0 atom stereocenters. The van der Waals surface area contributed by atoms with E-state index in [9.17, 15) is 0 Å². The summed E-state index contributed by atoms with van der Waals surface area (Å²) in [6.45, 7) is 2.65. The maximum absolute atomic E-state index is 9.12. The summed E-state index contributed by atoms with van der Waals surface area (Å²) in [6.07, 6.45) is 0. The van der Waals surface area contributed by atoms with E-state index in [1.54, 1.807) is 13.2 Å². The fourth-order valence-electron chi connectivity index (χ4n) is 2.00. The van der Waals surface area contributed by atoms with Gasteiger partial charge >= 0.3 is 0 Å². The fraction of sp³-hybridized carbons (Fsp3) is 0.188. The number of halogens is 1. The van der Waals surface area contributed by atoms with Gasteiger partial charge in [-0.3, -0.25) is 0 Å². The van der Waals surface area contributed by atoms with E-state index in [0.717, 1.165) is 21.5 Å². The summed E-state index contributed by atoms with van der Waals surface area (Å²) in [6, 6.07) is 13.8. The zero-order valence-electron chi connectivity index (χ0n) is 11.4. The largest absolute Gasteiger partial charge is 0.496 e. The highest BCUT2D eigenvalue weighted by Gasteiger charge is 2.06. The van der Waals surface area contributed by atoms with Crippen LogP contribution < -0.4 is 10.1 Å². The van der Waals surface area contributed by atoms with Crippen LogP contribution >= 0.6 is 15.9 Å². The van der Waals surface area contributed by atoms with E-state index >= 15 is 0 Å². The summed E-state index contributed by atoms with van der Waals surface area (Å²) >= 11 is 3.42. The van der Waals surface area contributed by atoms with Crippen LogP contribution in [0.15, 0.2) is 40.9 Å². The van der Waals surface area contributed by atoms with E-state index in [-0.39, 0.29) is 0 Å². The molecule has 0 aliphatic heterocycles. The highest BCUT2D eigenvalue weighted by Crippen LogP contribution is 2.24. The predicted octanol–water partition coefficient (Wildman–Crippen LogP) is 4.25. The minimum absolute atomic E-state index is 0.607. The van der Waals surface area contributed by atoms with Crippen molar-refractivity contribution >= 4 is 21.6 Å². The summed E-state index contributed by atoms with van der Waals surface area (Å²) < 4.78 is 6.29. The van der Waals surface area contributed by atoms with Crippen LogP contribution in [0, 0.1) is 18.3 Å². The van der Waals surface area contributed by atoms with Crippen molar-refractivity contribution in [3.8, 4) is 11.8 Å². The molecule has 2 aromatic rings. The molecule has 0 amide bonds. The molecule has 0 bridgehead atoms. The van der Waals surface area contributed by atoms with Gasteiger partial charge in [-0.25, -0.2) is 0 Å². The standard InChI is InChI=1S/C16H15BrN2O/c1-11-3-6-16(20-2)13(7-11)10-19-15-8-14(17)5-4-12(15)9-18/h3-8,19H,10H2,1-2H3. The molecule has 0 aliphatic carbocycles. The zero-order chi connectivity index (χ0) is 14.5. The van der Waals surface area contributed by atoms with Gasteiger partial charge in [-0.2, -0.15) is 5.26 Å². The van der Waals surface area contributed by atoms with Crippen LogP contribution in [0.4, 0.5) is 5.69 Å². The Balaban J connectivity index is 2.23. The number of hydrogen-bond donors (Lipinski definition) is 1. The van der Waals surface area contributed by atoms with E-state index in [4.69, 9.17) is 10.00 Å². The number of hydrogen-bond acceptors (Lipinski definition) is 3. The highest BCUT2D eigenvalue weighted by atomic mass is 79.9. The van der Waals surface area contributed by atoms with Gasteiger partial charge in [0.2, 0.25) is 0 Å². The van der Waals surface area contributed by atoms with Gasteiger partial charge in [0, 0.05) is 16.6 Å². The molecule has 2 rings (SSSR count). The quantitative estimate of drug-likeness (QED) is 0.911. The summed E-state index contributed by atoms with van der Waals surface area (Å²) in [5.74, 6) is 0.844. The highest BCUT2D eigenvalue weighted by molar-refractivity contribution is 9.10. The SMILES string of the molecule is COc1ccc(C)cc1CNc1cc(Br)ccc1C#N. The number of aryl methyl sites for hydroxylation is 1. The minimum Gasteiger partial charge on any atom is -0.496 e. The van der Waals surface area contributed by atoms with Crippen molar-refractivity contribution in [3.63, 3.8) is 0 Å². The molecule has 0 fully saturated rings. The van der Waals surface area contributed by atoms with Crippen LogP contribution in [0.2, 0.25) is 0 Å². The Bertz CT molecular complexity index is 662. The Labute approximate surface area is 127 Å². The van der Waals surface area contributed by atoms with Gasteiger partial charge in [-0.05, 0) is 31.2 Å². The minimum atomic E-state index is 0.607. The first kappa shape index (κ1) is 14.4. The third kappa shape index (κ3) is 3.31. The lowest BCUT2D eigenvalue weighted by molar-refractivity contribution is 0.410. The van der Waals surface area contributed by atoms with E-state index in [2.05, 4.69) is 33.4 Å². The number of nitrogens with one attached hydrogen (secondary N) is 1. The van der Waals surface area contributed by atoms with E-state index in [0.29, 0.717) is 12.1 Å². The maximum Gasteiger partial charge on any atom is 0.123 e. The number of ether oxygens (including phenoxy) is 1. The molecule has 0 saturated carbocycles. The molecule has 4 heteroatoms. The lowest BCUT2D eigenvalue weighted by atomic mass is 10.1. The maximum atomic E-state index is 9.12. The lowest BCUT2D eigenvalue weighted by Crippen LogP contribution is -2.03. The van der Waals surface area contributed by atoms with Crippen LogP contribution in [0.3, 0.4) is 0 Å². The first-order valence-corrected chi connectivity index (χ1v) is 7.00. The molecule has 2 aromatic carbocycles. The average molecular weight is 331 g/mol. The molecule has 0 heterocycles. The van der Waals surface area contributed by atoms with Gasteiger partial charge in [-0.15, -0.1) is 0 Å². The molecule has 0 spiro atoms. The van der Waals surface area contributed by atoms with E-state index < -0.39 is 0 Å². The van der Waals surface area contributed by atoms with Crippen LogP contribution in [-0.2, 0) is 6.54 Å². The first-order valence-electron chi connectivity index (χ1n) is 6.21. The van der Waals surface area contributed by atoms with Gasteiger partial charge < -0.3 is 10.1 Å². The third-order valence-electron chi connectivity index (χ3n) is 3.01.